The van der Waals surface area contributed by atoms with E-state index in [-0.39, 0.29) is 59.5 Å². The average Bonchev–Trinajstić information content (AvgIpc) is 3.68. The molecule has 0 aromatic rings. The van der Waals surface area contributed by atoms with Gasteiger partial charge in [-0.1, -0.05) is 19.4 Å². The van der Waals surface area contributed by atoms with E-state index in [1.165, 1.54) is 0 Å². The monoisotopic (exact) mass is 688 g/mol. The topological polar surface area (TPSA) is 133 Å². The third-order valence-corrected chi connectivity index (χ3v) is 15.1. The molecule has 7 fully saturated rings. The number of aliphatic hydroxyl groups excluding tert-OH is 2. The molecule has 4 unspecified atom stereocenters. The summed E-state index contributed by atoms with van der Waals surface area (Å²) in [5.74, 6) is 0.431. The Morgan fingerprint density at radius 3 is 2.31 bits per heavy atom. The Morgan fingerprint density at radius 2 is 1.57 bits per heavy atom. The minimum absolute atomic E-state index is 0.0140. The number of ketones is 1. The first-order valence-corrected chi connectivity index (χ1v) is 19.4. The Bertz CT molecular complexity index is 1310. The maximum atomic E-state index is 12.6. The number of aliphatic hydroxyl groups is 3. The zero-order valence-corrected chi connectivity index (χ0v) is 30.3. The molecule has 0 spiro atoms. The van der Waals surface area contributed by atoms with Crippen molar-refractivity contribution in [2.45, 2.75) is 191 Å². The highest BCUT2D eigenvalue weighted by molar-refractivity contribution is 5.93. The fraction of sp³-hybridized carbons (Fsp3) is 0.923. The Labute approximate surface area is 291 Å². The number of fused-ring (bicyclic) bond motifs is 6. The van der Waals surface area contributed by atoms with E-state index in [1.807, 2.05) is 33.8 Å². The van der Waals surface area contributed by atoms with Crippen molar-refractivity contribution in [3.63, 3.8) is 0 Å². The summed E-state index contributed by atoms with van der Waals surface area (Å²) in [7, 11) is 0. The summed E-state index contributed by atoms with van der Waals surface area (Å²) in [6.45, 7) is 12.2. The van der Waals surface area contributed by atoms with Crippen LogP contribution in [0.25, 0.3) is 0 Å². The van der Waals surface area contributed by atoms with E-state index in [1.54, 1.807) is 0 Å². The average molecular weight is 689 g/mol. The molecule has 8 rings (SSSR count). The first-order chi connectivity index (χ1) is 23.1. The second-order valence-corrected chi connectivity index (χ2v) is 18.1. The number of carbonyl (C=O) groups excluding carboxylic acids is 1. The van der Waals surface area contributed by atoms with Gasteiger partial charge in [0, 0.05) is 24.7 Å². The lowest BCUT2D eigenvalue weighted by Gasteiger charge is -2.65. The molecule has 3 N–H and O–H groups in total. The van der Waals surface area contributed by atoms with Gasteiger partial charge in [0.05, 0.1) is 42.2 Å². The summed E-state index contributed by atoms with van der Waals surface area (Å²) < 4.78 is 37.5. The molecule has 0 radical (unpaired) electrons. The van der Waals surface area contributed by atoms with Gasteiger partial charge in [0.15, 0.2) is 24.2 Å². The highest BCUT2D eigenvalue weighted by Crippen LogP contribution is 2.70. The molecule has 3 aliphatic heterocycles. The van der Waals surface area contributed by atoms with E-state index >= 15 is 0 Å². The van der Waals surface area contributed by atoms with Crippen molar-refractivity contribution in [3.8, 4) is 0 Å². The van der Waals surface area contributed by atoms with Crippen LogP contribution in [0, 0.1) is 34.5 Å². The van der Waals surface area contributed by atoms with Crippen LogP contribution in [0.1, 0.15) is 119 Å². The van der Waals surface area contributed by atoms with Gasteiger partial charge in [-0.3, -0.25) is 4.79 Å². The summed E-state index contributed by atoms with van der Waals surface area (Å²) in [4.78, 5) is 12.1. The van der Waals surface area contributed by atoms with Crippen LogP contribution >= 0.6 is 0 Å². The highest BCUT2D eigenvalue weighted by atomic mass is 16.8. The second kappa shape index (κ2) is 12.3. The van der Waals surface area contributed by atoms with Crippen molar-refractivity contribution in [1.29, 1.82) is 0 Å². The van der Waals surface area contributed by atoms with E-state index < -0.39 is 47.7 Å². The molecule has 0 bridgehead atoms. The van der Waals surface area contributed by atoms with E-state index in [2.05, 4.69) is 13.8 Å². The summed E-state index contributed by atoms with van der Waals surface area (Å²) in [5.41, 5.74) is -0.384. The Balaban J connectivity index is 0.880. The molecular weight excluding hydrogens is 628 g/mol. The van der Waals surface area contributed by atoms with Crippen molar-refractivity contribution in [2.24, 2.45) is 34.5 Å². The Kier molecular flexibility index (Phi) is 8.81. The van der Waals surface area contributed by atoms with Crippen molar-refractivity contribution in [1.82, 2.24) is 0 Å². The van der Waals surface area contributed by atoms with Gasteiger partial charge < -0.3 is 43.7 Å². The molecule has 10 heteroatoms. The summed E-state index contributed by atoms with van der Waals surface area (Å²) in [6.07, 6.45) is 7.31. The first-order valence-electron chi connectivity index (χ1n) is 19.4. The van der Waals surface area contributed by atoms with Gasteiger partial charge in [-0.25, -0.2) is 0 Å². The molecule has 10 nitrogen and oxygen atoms in total. The van der Waals surface area contributed by atoms with Crippen LogP contribution in [-0.2, 0) is 33.2 Å². The van der Waals surface area contributed by atoms with Gasteiger partial charge in [-0.2, -0.15) is 0 Å². The zero-order chi connectivity index (χ0) is 34.7. The quantitative estimate of drug-likeness (QED) is 0.341. The van der Waals surface area contributed by atoms with Crippen molar-refractivity contribution >= 4 is 5.78 Å². The largest absolute Gasteiger partial charge is 0.392 e. The summed E-state index contributed by atoms with van der Waals surface area (Å²) >= 11 is 0. The second-order valence-electron chi connectivity index (χ2n) is 18.1. The number of rotatable bonds is 5. The SMILES string of the molecule is CC1O[C@@H](O[C@H]2CC[C@@]3(C)[C@H](CC[C@@H]4[C@@H]3C[C@@H](O)[C@]3(C)[C@@H](C5=CC(=O)CC5)CC[C@]43O)C2)C[C@@H](O)C1O[C@H]1C[C@H]2OC(C)(C)OC2C(C)O1. The standard InChI is InChI=1S/C39H60O10/c1-20-34(47-33-19-30-35(21(2)45-33)49-36(3,4)48-30)29(41)18-32(44-20)46-25-11-13-37(5)23(16-25)8-10-27-28(37)17-31(42)38(6)26(12-14-39(27,38)43)22-7-9-24(40)15-22/h15,20-21,23,25-35,41-43H,7-14,16-19H2,1-6H3/t20?,21?,23-,25+,26-,27-,28+,29-,30-,31-,32+,33+,34?,35?,37+,38+,39+/m1/s1. The van der Waals surface area contributed by atoms with Crippen LogP contribution in [0.15, 0.2) is 11.6 Å². The van der Waals surface area contributed by atoms with E-state index in [0.717, 1.165) is 50.5 Å². The maximum absolute atomic E-state index is 12.6. The van der Waals surface area contributed by atoms with Crippen LogP contribution < -0.4 is 0 Å². The molecule has 3 saturated heterocycles. The Morgan fingerprint density at radius 1 is 0.816 bits per heavy atom. The summed E-state index contributed by atoms with van der Waals surface area (Å²) in [5, 5.41) is 35.7. The maximum Gasteiger partial charge on any atom is 0.163 e. The molecule has 0 aromatic heterocycles. The fourth-order valence-corrected chi connectivity index (χ4v) is 12.6. The number of hydrogen-bond donors (Lipinski definition) is 3. The molecule has 0 amide bonds. The van der Waals surface area contributed by atoms with Crippen LogP contribution in [0.3, 0.4) is 0 Å². The normalized spacial score (nSPS) is 55.3. The minimum atomic E-state index is -0.925. The lowest BCUT2D eigenvalue weighted by atomic mass is 9.42. The molecule has 8 aliphatic rings. The lowest BCUT2D eigenvalue weighted by molar-refractivity contribution is -0.313. The molecule has 49 heavy (non-hydrogen) atoms. The molecule has 3 heterocycles. The van der Waals surface area contributed by atoms with Crippen LogP contribution in [0.4, 0.5) is 0 Å². The predicted molar refractivity (Wildman–Crippen MR) is 178 cm³/mol. The Hall–Kier alpha value is -0.950. The number of allylic oxidation sites excluding steroid dienone is 2. The van der Waals surface area contributed by atoms with Crippen LogP contribution in [0.5, 0.6) is 0 Å². The molecule has 0 aromatic carbocycles. The van der Waals surface area contributed by atoms with Gasteiger partial charge >= 0.3 is 0 Å². The predicted octanol–water partition coefficient (Wildman–Crippen LogP) is 4.94. The van der Waals surface area contributed by atoms with Crippen LogP contribution in [-0.4, -0.2) is 93.9 Å². The van der Waals surface area contributed by atoms with Crippen molar-refractivity contribution in [2.75, 3.05) is 0 Å². The minimum Gasteiger partial charge on any atom is -0.392 e. The fourth-order valence-electron chi connectivity index (χ4n) is 12.6. The molecule has 17 atom stereocenters. The molecule has 5 aliphatic carbocycles. The summed E-state index contributed by atoms with van der Waals surface area (Å²) in [6, 6.07) is 0. The van der Waals surface area contributed by atoms with E-state index in [9.17, 15) is 20.1 Å². The van der Waals surface area contributed by atoms with Gasteiger partial charge in [0.2, 0.25) is 0 Å². The molecule has 276 valence electrons. The molecule has 4 saturated carbocycles. The number of carbonyl (C=O) groups is 1. The van der Waals surface area contributed by atoms with Crippen LogP contribution in [0.2, 0.25) is 0 Å². The first kappa shape index (κ1) is 35.1. The van der Waals surface area contributed by atoms with Gasteiger partial charge in [-0.15, -0.1) is 0 Å². The van der Waals surface area contributed by atoms with Crippen molar-refractivity contribution < 1.29 is 48.5 Å². The number of hydrogen-bond acceptors (Lipinski definition) is 10. The third-order valence-electron chi connectivity index (χ3n) is 15.1. The third kappa shape index (κ3) is 5.65. The van der Waals surface area contributed by atoms with E-state index in [0.29, 0.717) is 38.0 Å². The highest BCUT2D eigenvalue weighted by Gasteiger charge is 2.70. The van der Waals surface area contributed by atoms with E-state index in [4.69, 9.17) is 28.4 Å². The number of ether oxygens (including phenoxy) is 6. The van der Waals surface area contributed by atoms with Crippen molar-refractivity contribution in [3.05, 3.63) is 11.6 Å². The lowest BCUT2D eigenvalue weighted by Crippen LogP contribution is -2.67. The van der Waals surface area contributed by atoms with Gasteiger partial charge in [-0.05, 0) is 121 Å². The smallest absolute Gasteiger partial charge is 0.163 e. The molecular formula is C39H60O10. The van der Waals surface area contributed by atoms with Gasteiger partial charge in [0.1, 0.15) is 12.2 Å². The van der Waals surface area contributed by atoms with Gasteiger partial charge in [0.25, 0.3) is 0 Å². The zero-order valence-electron chi connectivity index (χ0n) is 30.3.